The molecule has 0 saturated carbocycles. The average Bonchev–Trinajstić information content (AvgIpc) is 2.70. The first-order valence-corrected chi connectivity index (χ1v) is 7.54. The van der Waals surface area contributed by atoms with Crippen molar-refractivity contribution < 1.29 is 71.6 Å². The lowest BCUT2D eigenvalue weighted by Gasteiger charge is -2.36. The summed E-state index contributed by atoms with van der Waals surface area (Å²) in [5, 5.41) is 0. The Morgan fingerprint density at radius 2 is 0.586 bits per heavy atom. The van der Waals surface area contributed by atoms with Crippen molar-refractivity contribution in [3.8, 4) is 0 Å². The molecule has 0 rings (SSSR count). The lowest BCUT2D eigenvalue weighted by molar-refractivity contribution is -0.566. The highest BCUT2D eigenvalue weighted by atomic mass is 19.2. The largest absolute Gasteiger partial charge is 0.423 e. The lowest BCUT2D eigenvalue weighted by Crippen LogP contribution is -2.54. The molecule has 16 heteroatoms. The van der Waals surface area contributed by atoms with Crippen LogP contribution in [0.1, 0.15) is 0 Å². The molecule has 8 atom stereocenters. The molecule has 0 spiro atoms. The predicted molar refractivity (Wildman–Crippen MR) is 70.1 cm³/mol. The topological polar surface area (TPSA) is 36.9 Å². The molecule has 0 aromatic carbocycles. The zero-order valence-electron chi connectivity index (χ0n) is 14.1. The number of alkyl halides is 12. The summed E-state index contributed by atoms with van der Waals surface area (Å²) in [6.07, 6.45) is -32.9. The summed E-state index contributed by atoms with van der Waals surface area (Å²) in [7, 11) is 0. The van der Waals surface area contributed by atoms with Crippen LogP contribution in [-0.2, 0) is 18.9 Å². The maximum Gasteiger partial charge on any atom is 0.423 e. The van der Waals surface area contributed by atoms with Gasteiger partial charge < -0.3 is 0 Å². The molecule has 176 valence electrons. The van der Waals surface area contributed by atoms with Crippen LogP contribution in [0.4, 0.5) is 52.7 Å². The van der Waals surface area contributed by atoms with Gasteiger partial charge in [-0.3, -0.25) is 18.9 Å². The van der Waals surface area contributed by atoms with Gasteiger partial charge in [0.05, 0.1) is 0 Å². The Kier molecular flexibility index (Phi) is 12.9. The highest BCUT2D eigenvalue weighted by Crippen LogP contribution is 2.32. The van der Waals surface area contributed by atoms with Crippen LogP contribution in [0.3, 0.4) is 0 Å². The molecule has 0 aliphatic rings. The normalized spacial score (nSPS) is 22.8. The van der Waals surface area contributed by atoms with Crippen LogP contribution >= 0.6 is 0 Å². The maximum atomic E-state index is 13.5. The molecule has 29 heavy (non-hydrogen) atoms. The van der Waals surface area contributed by atoms with Crippen molar-refractivity contribution in [2.75, 3.05) is 26.7 Å². The van der Waals surface area contributed by atoms with E-state index < -0.39 is 83.0 Å². The van der Waals surface area contributed by atoms with Gasteiger partial charge in [0.25, 0.3) is 0 Å². The van der Waals surface area contributed by atoms with E-state index in [0.717, 1.165) is 0 Å². The molecule has 0 aliphatic heterocycles. The van der Waals surface area contributed by atoms with Gasteiger partial charge in [0.15, 0.2) is 24.7 Å². The van der Waals surface area contributed by atoms with Crippen LogP contribution in [-0.4, -0.2) is 83.0 Å². The Labute approximate surface area is 156 Å². The third kappa shape index (κ3) is 9.13. The minimum absolute atomic E-state index is 2.20. The van der Waals surface area contributed by atoms with Gasteiger partial charge in [-0.25, -0.2) is 52.7 Å². The van der Waals surface area contributed by atoms with E-state index in [2.05, 4.69) is 18.9 Å². The summed E-state index contributed by atoms with van der Waals surface area (Å²) in [5.41, 5.74) is 0. The van der Waals surface area contributed by atoms with E-state index in [0.29, 0.717) is 0 Å². The zero-order chi connectivity index (χ0) is 22.8. The Bertz CT molecular complexity index is 361. The smallest absolute Gasteiger partial charge is 0.265 e. The second kappa shape index (κ2) is 13.3. The molecule has 0 fully saturated rings. The fourth-order valence-corrected chi connectivity index (χ4v) is 1.29. The Balaban J connectivity index is 5.97. The molecule has 4 nitrogen and oxygen atoms in total. The van der Waals surface area contributed by atoms with Gasteiger partial charge in [-0.2, -0.15) is 0 Å². The number of hydrogen-bond donors (Lipinski definition) is 0. The lowest BCUT2D eigenvalue weighted by atomic mass is 10.4. The van der Waals surface area contributed by atoms with Crippen LogP contribution < -0.4 is 0 Å². The first-order valence-electron chi connectivity index (χ1n) is 7.54. The van der Waals surface area contributed by atoms with E-state index >= 15 is 0 Å². The second-order valence-electron chi connectivity index (χ2n) is 5.06. The Hall–Kier alpha value is -1.00. The minimum Gasteiger partial charge on any atom is -0.265 e. The van der Waals surface area contributed by atoms with Gasteiger partial charge in [-0.1, -0.05) is 0 Å². The van der Waals surface area contributed by atoms with Crippen LogP contribution in [0, 0.1) is 0 Å². The number of hydrogen-bond acceptors (Lipinski definition) is 4. The molecule has 0 amide bonds. The van der Waals surface area contributed by atoms with Gasteiger partial charge in [0, 0.05) is 0 Å². The van der Waals surface area contributed by atoms with Gasteiger partial charge >= 0.3 is 6.16 Å². The standard InChI is InChI=1S/C13H16F12O4/c14-1-5(18)9(22)26-13(27-10(23)6(19)2-15,28-11(24)7(20)3-16)29-12(25)8(21)4-17/h5-12H,1-4H2. The quantitative estimate of drug-likeness (QED) is 0.255. The van der Waals surface area contributed by atoms with Gasteiger partial charge in [0.2, 0.25) is 25.4 Å². The van der Waals surface area contributed by atoms with Crippen LogP contribution in [0.25, 0.3) is 0 Å². The van der Waals surface area contributed by atoms with E-state index in [1.807, 2.05) is 0 Å². The van der Waals surface area contributed by atoms with E-state index in [9.17, 15) is 52.7 Å². The SMILES string of the molecule is FCC(F)C(F)OC(OC(F)C(F)CF)(OC(F)C(F)CF)OC(F)C(F)CF. The number of halogens is 12. The molecule has 0 saturated heterocycles. The second-order valence-corrected chi connectivity index (χ2v) is 5.06. The molecular weight excluding hydrogens is 448 g/mol. The van der Waals surface area contributed by atoms with Crippen LogP contribution in [0.15, 0.2) is 0 Å². The molecule has 0 aliphatic carbocycles. The van der Waals surface area contributed by atoms with Crippen LogP contribution in [0.5, 0.6) is 0 Å². The van der Waals surface area contributed by atoms with Crippen molar-refractivity contribution in [2.45, 2.75) is 56.3 Å². The summed E-state index contributed by atoms with van der Waals surface area (Å²) >= 11 is 0. The summed E-state index contributed by atoms with van der Waals surface area (Å²) in [6, 6.07) is 0. The van der Waals surface area contributed by atoms with E-state index in [-0.39, 0.29) is 0 Å². The maximum absolute atomic E-state index is 13.5. The summed E-state index contributed by atoms with van der Waals surface area (Å²) < 4.78 is 170. The molecule has 0 radical (unpaired) electrons. The summed E-state index contributed by atoms with van der Waals surface area (Å²) in [5.74, 6) is 0. The summed E-state index contributed by atoms with van der Waals surface area (Å²) in [4.78, 5) is 0. The first kappa shape index (κ1) is 28.0. The highest BCUT2D eigenvalue weighted by molar-refractivity contribution is 4.67. The van der Waals surface area contributed by atoms with Crippen molar-refractivity contribution in [3.05, 3.63) is 0 Å². The number of rotatable bonds is 16. The van der Waals surface area contributed by atoms with E-state index in [1.165, 1.54) is 0 Å². The first-order chi connectivity index (χ1) is 13.5. The Morgan fingerprint density at radius 3 is 0.724 bits per heavy atom. The molecular formula is C13H16F12O4. The van der Waals surface area contributed by atoms with E-state index in [1.54, 1.807) is 0 Å². The summed E-state index contributed by atoms with van der Waals surface area (Å²) in [6.45, 7) is -8.79. The molecule has 0 heterocycles. The molecule has 0 bridgehead atoms. The van der Waals surface area contributed by atoms with Crippen molar-refractivity contribution >= 4 is 0 Å². The minimum atomic E-state index is -4.62. The molecule has 0 aromatic rings. The van der Waals surface area contributed by atoms with E-state index in [4.69, 9.17) is 0 Å². The Morgan fingerprint density at radius 1 is 0.414 bits per heavy atom. The average molecular weight is 464 g/mol. The van der Waals surface area contributed by atoms with Crippen LogP contribution in [0.2, 0.25) is 0 Å². The third-order valence-corrected chi connectivity index (χ3v) is 2.75. The van der Waals surface area contributed by atoms with Crippen molar-refractivity contribution in [1.29, 1.82) is 0 Å². The predicted octanol–water partition coefficient (Wildman–Crippen LogP) is 4.08. The monoisotopic (exact) mass is 464 g/mol. The zero-order valence-corrected chi connectivity index (χ0v) is 14.1. The van der Waals surface area contributed by atoms with Crippen molar-refractivity contribution in [3.63, 3.8) is 0 Å². The molecule has 8 unspecified atom stereocenters. The number of ether oxygens (including phenoxy) is 4. The fraction of sp³-hybridized carbons (Fsp3) is 1.00. The van der Waals surface area contributed by atoms with Gasteiger partial charge in [-0.05, 0) is 0 Å². The van der Waals surface area contributed by atoms with Gasteiger partial charge in [-0.15, -0.1) is 0 Å². The van der Waals surface area contributed by atoms with Crippen molar-refractivity contribution in [2.24, 2.45) is 0 Å². The fourth-order valence-electron chi connectivity index (χ4n) is 1.29. The molecule has 0 N–H and O–H groups in total. The third-order valence-electron chi connectivity index (χ3n) is 2.75. The van der Waals surface area contributed by atoms with Crippen molar-refractivity contribution in [1.82, 2.24) is 0 Å². The molecule has 0 aromatic heterocycles. The van der Waals surface area contributed by atoms with Gasteiger partial charge in [0.1, 0.15) is 26.7 Å². The highest BCUT2D eigenvalue weighted by Gasteiger charge is 2.51.